The summed E-state index contributed by atoms with van der Waals surface area (Å²) in [5, 5.41) is 13.2. The number of hydrogen-bond donors (Lipinski definition) is 2. The number of carboxylic acid groups (broad SMARTS) is 1. The Morgan fingerprint density at radius 1 is 1.50 bits per heavy atom. The molecule has 0 saturated carbocycles. The van der Waals surface area contributed by atoms with Crippen molar-refractivity contribution >= 4 is 45.3 Å². The average Bonchev–Trinajstić information content (AvgIpc) is 2.96. The normalized spacial score (nSPS) is 14.6. The fourth-order valence-electron chi connectivity index (χ4n) is 1.65. The third-order valence-electron chi connectivity index (χ3n) is 2.58. The lowest BCUT2D eigenvalue weighted by Gasteiger charge is -2.13. The third-order valence-corrected chi connectivity index (χ3v) is 4.28. The minimum Gasteiger partial charge on any atom is -0.481 e. The predicted molar refractivity (Wildman–Crippen MR) is 76.1 cm³/mol. The van der Waals surface area contributed by atoms with Crippen LogP contribution in [0.4, 0.5) is 9.93 Å². The van der Waals surface area contributed by atoms with Crippen molar-refractivity contribution in [3.05, 3.63) is 11.1 Å². The van der Waals surface area contributed by atoms with Crippen LogP contribution >= 0.6 is 23.1 Å². The molecule has 2 heterocycles. The molecule has 20 heavy (non-hydrogen) atoms. The van der Waals surface area contributed by atoms with E-state index in [1.54, 1.807) is 10.3 Å². The lowest BCUT2D eigenvalue weighted by Crippen LogP contribution is -2.27. The lowest BCUT2D eigenvalue weighted by atomic mass is 10.3. The highest BCUT2D eigenvalue weighted by atomic mass is 32.2. The van der Waals surface area contributed by atoms with Gasteiger partial charge in [0, 0.05) is 30.6 Å². The highest BCUT2D eigenvalue weighted by Crippen LogP contribution is 2.18. The van der Waals surface area contributed by atoms with Crippen LogP contribution in [0, 0.1) is 0 Å². The second kappa shape index (κ2) is 6.71. The molecule has 9 heteroatoms. The highest BCUT2D eigenvalue weighted by molar-refractivity contribution is 8.13. The summed E-state index contributed by atoms with van der Waals surface area (Å²) in [4.78, 5) is 39.2. The fourth-order valence-corrected chi connectivity index (χ4v) is 3.23. The number of carbonyl (C=O) groups excluding carboxylic acids is 2. The van der Waals surface area contributed by atoms with Gasteiger partial charge in [0.2, 0.25) is 5.91 Å². The largest absolute Gasteiger partial charge is 0.481 e. The first-order valence-corrected chi connectivity index (χ1v) is 7.79. The first kappa shape index (κ1) is 14.8. The Kier molecular flexibility index (Phi) is 4.96. The molecular formula is C11H13N3O4S2. The van der Waals surface area contributed by atoms with E-state index >= 15 is 0 Å². The Labute approximate surface area is 123 Å². The molecule has 0 unspecified atom stereocenters. The van der Waals surface area contributed by atoms with E-state index in [4.69, 9.17) is 5.11 Å². The van der Waals surface area contributed by atoms with Gasteiger partial charge in [-0.15, -0.1) is 11.3 Å². The van der Waals surface area contributed by atoms with Crippen LogP contribution in [0.5, 0.6) is 0 Å². The van der Waals surface area contributed by atoms with E-state index in [0.717, 1.165) is 5.75 Å². The van der Waals surface area contributed by atoms with Crippen LogP contribution in [0.15, 0.2) is 5.38 Å². The van der Waals surface area contributed by atoms with Crippen LogP contribution in [-0.2, 0) is 16.0 Å². The van der Waals surface area contributed by atoms with Crippen LogP contribution in [0.3, 0.4) is 0 Å². The minimum absolute atomic E-state index is 0.00999. The van der Waals surface area contributed by atoms with Gasteiger partial charge >= 0.3 is 5.97 Å². The number of rotatable bonds is 6. The van der Waals surface area contributed by atoms with Crippen molar-refractivity contribution in [3.63, 3.8) is 0 Å². The zero-order valence-electron chi connectivity index (χ0n) is 10.5. The molecule has 0 atom stereocenters. The second-order valence-corrected chi connectivity index (χ2v) is 6.02. The standard InChI is InChI=1S/C11H13N3O4S2/c15-8(1-2-14-3-4-19-11(14)18)13-10-12-7(6-20-10)5-9(16)17/h6H,1-5H2,(H,16,17)(H,12,13,15). The third kappa shape index (κ3) is 4.20. The van der Waals surface area contributed by atoms with Crippen molar-refractivity contribution in [2.24, 2.45) is 0 Å². The first-order valence-electron chi connectivity index (χ1n) is 5.92. The number of hydrogen-bond acceptors (Lipinski definition) is 6. The number of aliphatic carboxylic acids is 1. The Balaban J connectivity index is 1.77. The van der Waals surface area contributed by atoms with Crippen LogP contribution in [0.1, 0.15) is 12.1 Å². The van der Waals surface area contributed by atoms with Crippen molar-refractivity contribution in [2.45, 2.75) is 12.8 Å². The molecule has 1 fully saturated rings. The number of nitrogens with zero attached hydrogens (tertiary/aromatic N) is 2. The molecule has 0 aromatic carbocycles. The maximum Gasteiger partial charge on any atom is 0.309 e. The van der Waals surface area contributed by atoms with Gasteiger partial charge in [-0.3, -0.25) is 14.4 Å². The molecule has 0 bridgehead atoms. The number of nitrogens with one attached hydrogen (secondary N) is 1. The van der Waals surface area contributed by atoms with Gasteiger partial charge in [0.05, 0.1) is 12.1 Å². The zero-order chi connectivity index (χ0) is 14.5. The van der Waals surface area contributed by atoms with Crippen molar-refractivity contribution < 1.29 is 19.5 Å². The number of anilines is 1. The van der Waals surface area contributed by atoms with Gasteiger partial charge < -0.3 is 15.3 Å². The number of carboxylic acids is 1. The first-order chi connectivity index (χ1) is 9.54. The summed E-state index contributed by atoms with van der Waals surface area (Å²) in [6.45, 7) is 1.07. The molecule has 108 valence electrons. The second-order valence-electron chi connectivity index (χ2n) is 4.11. The Bertz CT molecular complexity index is 531. The Morgan fingerprint density at radius 2 is 2.30 bits per heavy atom. The van der Waals surface area contributed by atoms with Crippen molar-refractivity contribution in [1.29, 1.82) is 0 Å². The number of carbonyl (C=O) groups is 3. The Hall–Kier alpha value is -1.61. The van der Waals surface area contributed by atoms with Crippen molar-refractivity contribution in [3.8, 4) is 0 Å². The molecule has 0 spiro atoms. The van der Waals surface area contributed by atoms with Crippen LogP contribution in [0.2, 0.25) is 0 Å². The van der Waals surface area contributed by atoms with E-state index in [2.05, 4.69) is 10.3 Å². The Morgan fingerprint density at radius 3 is 2.95 bits per heavy atom. The van der Waals surface area contributed by atoms with Crippen molar-refractivity contribution in [1.82, 2.24) is 9.88 Å². The van der Waals surface area contributed by atoms with Crippen LogP contribution in [-0.4, -0.2) is 50.9 Å². The molecule has 2 N–H and O–H groups in total. The van der Waals surface area contributed by atoms with Gasteiger partial charge in [-0.1, -0.05) is 11.8 Å². The number of amides is 2. The summed E-state index contributed by atoms with van der Waals surface area (Å²) >= 11 is 2.45. The molecule has 1 aromatic heterocycles. The minimum atomic E-state index is -0.960. The molecular weight excluding hydrogens is 302 g/mol. The van der Waals surface area contributed by atoms with Gasteiger partial charge in [0.1, 0.15) is 0 Å². The van der Waals surface area contributed by atoms with Gasteiger partial charge in [0.25, 0.3) is 5.24 Å². The molecule has 2 rings (SSSR count). The summed E-state index contributed by atoms with van der Waals surface area (Å²) in [6.07, 6.45) is 0.0476. The lowest BCUT2D eigenvalue weighted by molar-refractivity contribution is -0.136. The van der Waals surface area contributed by atoms with E-state index in [1.165, 1.54) is 23.1 Å². The SMILES string of the molecule is O=C(O)Cc1csc(NC(=O)CCN2CCSC2=O)n1. The zero-order valence-corrected chi connectivity index (χ0v) is 12.1. The summed E-state index contributed by atoms with van der Waals surface area (Å²) < 4.78 is 0. The number of thiazole rings is 1. The maximum absolute atomic E-state index is 11.7. The van der Waals surface area contributed by atoms with E-state index in [-0.39, 0.29) is 24.0 Å². The number of aromatic nitrogens is 1. The summed E-state index contributed by atoms with van der Waals surface area (Å²) in [7, 11) is 0. The topological polar surface area (TPSA) is 99.6 Å². The molecule has 1 aliphatic heterocycles. The van der Waals surface area contributed by atoms with E-state index in [9.17, 15) is 14.4 Å². The van der Waals surface area contributed by atoms with Crippen LogP contribution in [0.25, 0.3) is 0 Å². The smallest absolute Gasteiger partial charge is 0.309 e. The fraction of sp³-hybridized carbons (Fsp3) is 0.455. The van der Waals surface area contributed by atoms with E-state index in [1.807, 2.05) is 0 Å². The highest BCUT2D eigenvalue weighted by Gasteiger charge is 2.21. The van der Waals surface area contributed by atoms with Crippen molar-refractivity contribution in [2.75, 3.05) is 24.2 Å². The van der Waals surface area contributed by atoms with E-state index < -0.39 is 5.97 Å². The average molecular weight is 315 g/mol. The molecule has 2 amide bonds. The molecule has 1 aromatic rings. The summed E-state index contributed by atoms with van der Waals surface area (Å²) in [5.74, 6) is -0.421. The van der Waals surface area contributed by atoms with Gasteiger partial charge in [0.15, 0.2) is 5.13 Å². The summed E-state index contributed by atoms with van der Waals surface area (Å²) in [6, 6.07) is 0. The number of thioether (sulfide) groups is 1. The maximum atomic E-state index is 11.7. The van der Waals surface area contributed by atoms with Gasteiger partial charge in [-0.05, 0) is 0 Å². The summed E-state index contributed by atoms with van der Waals surface area (Å²) in [5.41, 5.74) is 0.420. The van der Waals surface area contributed by atoms with E-state index in [0.29, 0.717) is 23.9 Å². The van der Waals surface area contributed by atoms with Crippen LogP contribution < -0.4 is 5.32 Å². The molecule has 1 saturated heterocycles. The van der Waals surface area contributed by atoms with Gasteiger partial charge in [-0.25, -0.2) is 4.98 Å². The molecule has 0 radical (unpaired) electrons. The molecule has 7 nitrogen and oxygen atoms in total. The predicted octanol–water partition coefficient (Wildman–Crippen LogP) is 1.27. The molecule has 0 aliphatic carbocycles. The quantitative estimate of drug-likeness (QED) is 0.820. The molecule has 1 aliphatic rings. The monoisotopic (exact) mass is 315 g/mol. The van der Waals surface area contributed by atoms with Gasteiger partial charge in [-0.2, -0.15) is 0 Å².